The van der Waals surface area contributed by atoms with E-state index in [0.717, 1.165) is 28.1 Å². The number of anilines is 1. The molecule has 0 atom stereocenters. The number of carbonyl (C=O) groups excluding carboxylic acids is 1. The predicted molar refractivity (Wildman–Crippen MR) is 118 cm³/mol. The average Bonchev–Trinajstić information content (AvgIpc) is 3.07. The van der Waals surface area contributed by atoms with Crippen LogP contribution in [0.1, 0.15) is 16.8 Å². The maximum absolute atomic E-state index is 13.2. The Hall–Kier alpha value is -1.60. The highest BCUT2D eigenvalue weighted by molar-refractivity contribution is 7.98. The Morgan fingerprint density at radius 1 is 1.15 bits per heavy atom. The first-order valence-electron chi connectivity index (χ1n) is 8.64. The Morgan fingerprint density at radius 2 is 1.89 bits per heavy atom. The van der Waals surface area contributed by atoms with Crippen LogP contribution in [0.4, 0.5) is 5.13 Å². The lowest BCUT2D eigenvalue weighted by atomic mass is 10.2. The highest BCUT2D eigenvalue weighted by Gasteiger charge is 2.21. The molecule has 142 valence electrons. The van der Waals surface area contributed by atoms with Crippen LogP contribution in [0.15, 0.2) is 47.4 Å². The van der Waals surface area contributed by atoms with E-state index in [9.17, 15) is 4.79 Å². The molecule has 0 unspecified atom stereocenters. The van der Waals surface area contributed by atoms with Gasteiger partial charge >= 0.3 is 0 Å². The molecular weight excluding hydrogens is 398 g/mol. The Labute approximate surface area is 173 Å². The summed E-state index contributed by atoms with van der Waals surface area (Å²) in [4.78, 5) is 22.9. The molecule has 3 rings (SSSR count). The van der Waals surface area contributed by atoms with Gasteiger partial charge in [-0.05, 0) is 75.8 Å². The van der Waals surface area contributed by atoms with Gasteiger partial charge in [0.05, 0.1) is 10.2 Å². The van der Waals surface area contributed by atoms with E-state index in [-0.39, 0.29) is 5.91 Å². The minimum absolute atomic E-state index is 0.0217. The molecule has 0 saturated heterocycles. The number of fused-ring (bicyclic) bond motifs is 1. The predicted octanol–water partition coefficient (Wildman–Crippen LogP) is 5.27. The monoisotopic (exact) mass is 419 g/mol. The molecule has 1 amide bonds. The number of rotatable bonds is 7. The van der Waals surface area contributed by atoms with Gasteiger partial charge in [0.1, 0.15) is 0 Å². The van der Waals surface area contributed by atoms with Gasteiger partial charge in [-0.1, -0.05) is 22.9 Å². The molecule has 0 N–H and O–H groups in total. The summed E-state index contributed by atoms with van der Waals surface area (Å²) in [6, 6.07) is 13.4. The molecule has 0 radical (unpaired) electrons. The molecule has 2 aromatic carbocycles. The number of carbonyl (C=O) groups is 1. The highest BCUT2D eigenvalue weighted by atomic mass is 35.5. The van der Waals surface area contributed by atoms with Gasteiger partial charge in [0.15, 0.2) is 5.13 Å². The third-order valence-electron chi connectivity index (χ3n) is 4.14. The summed E-state index contributed by atoms with van der Waals surface area (Å²) in [5, 5.41) is 1.39. The molecule has 0 aliphatic heterocycles. The van der Waals surface area contributed by atoms with Crippen LogP contribution in [-0.4, -0.2) is 49.2 Å². The fraction of sp³-hybridized carbons (Fsp3) is 0.300. The first-order valence-corrected chi connectivity index (χ1v) is 11.1. The van der Waals surface area contributed by atoms with Crippen LogP contribution in [0.2, 0.25) is 5.02 Å². The van der Waals surface area contributed by atoms with Crippen LogP contribution < -0.4 is 4.90 Å². The van der Waals surface area contributed by atoms with Gasteiger partial charge in [-0.2, -0.15) is 0 Å². The first-order chi connectivity index (χ1) is 13.0. The number of nitrogens with zero attached hydrogens (tertiary/aromatic N) is 3. The van der Waals surface area contributed by atoms with Crippen molar-refractivity contribution in [1.82, 2.24) is 9.88 Å². The van der Waals surface area contributed by atoms with E-state index in [4.69, 9.17) is 11.6 Å². The molecule has 0 fully saturated rings. The maximum Gasteiger partial charge on any atom is 0.260 e. The Balaban J connectivity index is 1.91. The van der Waals surface area contributed by atoms with Crippen LogP contribution in [-0.2, 0) is 0 Å². The quantitative estimate of drug-likeness (QED) is 0.489. The summed E-state index contributed by atoms with van der Waals surface area (Å²) in [6.07, 6.45) is 2.90. The smallest absolute Gasteiger partial charge is 0.260 e. The molecule has 7 heteroatoms. The van der Waals surface area contributed by atoms with E-state index in [1.807, 2.05) is 62.8 Å². The largest absolute Gasteiger partial charge is 0.309 e. The number of hydrogen-bond acceptors (Lipinski definition) is 5. The van der Waals surface area contributed by atoms with Crippen LogP contribution in [0.5, 0.6) is 0 Å². The minimum atomic E-state index is -0.0217. The van der Waals surface area contributed by atoms with Crippen molar-refractivity contribution in [2.24, 2.45) is 0 Å². The van der Waals surface area contributed by atoms with Gasteiger partial charge in [0.25, 0.3) is 5.91 Å². The van der Waals surface area contributed by atoms with Gasteiger partial charge in [-0.15, -0.1) is 11.8 Å². The molecule has 0 spiro atoms. The van der Waals surface area contributed by atoms with Crippen molar-refractivity contribution in [3.63, 3.8) is 0 Å². The van der Waals surface area contributed by atoms with E-state index >= 15 is 0 Å². The third-order valence-corrected chi connectivity index (χ3v) is 6.16. The normalized spacial score (nSPS) is 11.3. The van der Waals surface area contributed by atoms with Crippen molar-refractivity contribution >= 4 is 56.0 Å². The number of halogens is 1. The standard InChI is InChI=1S/C20H22ClN3OS2/c1-23(2)11-4-12-24(19(25)14-5-8-16(26-3)9-6-14)20-22-17-10-7-15(21)13-18(17)27-20/h5-10,13H,4,11-12H2,1-3H3. The minimum Gasteiger partial charge on any atom is -0.309 e. The van der Waals surface area contributed by atoms with E-state index in [1.165, 1.54) is 11.3 Å². The Morgan fingerprint density at radius 3 is 2.56 bits per heavy atom. The molecule has 0 aliphatic rings. The lowest BCUT2D eigenvalue weighted by Crippen LogP contribution is -2.33. The van der Waals surface area contributed by atoms with Crippen LogP contribution >= 0.6 is 34.7 Å². The van der Waals surface area contributed by atoms with E-state index in [2.05, 4.69) is 9.88 Å². The summed E-state index contributed by atoms with van der Waals surface area (Å²) in [6.45, 7) is 1.53. The number of thioether (sulfide) groups is 1. The third kappa shape index (κ3) is 5.02. The average molecular weight is 420 g/mol. The van der Waals surface area contributed by atoms with Gasteiger partial charge in [-0.25, -0.2) is 4.98 Å². The zero-order valence-corrected chi connectivity index (χ0v) is 18.0. The zero-order valence-electron chi connectivity index (χ0n) is 15.6. The van der Waals surface area contributed by atoms with Crippen molar-refractivity contribution in [2.75, 3.05) is 38.3 Å². The fourth-order valence-corrected chi connectivity index (χ4v) is 4.39. The number of hydrogen-bond donors (Lipinski definition) is 0. The lowest BCUT2D eigenvalue weighted by molar-refractivity contribution is 0.0986. The fourth-order valence-electron chi connectivity index (χ4n) is 2.72. The van der Waals surface area contributed by atoms with Crippen LogP contribution in [0.3, 0.4) is 0 Å². The van der Waals surface area contributed by atoms with Crippen molar-refractivity contribution in [3.05, 3.63) is 53.1 Å². The SMILES string of the molecule is CSc1ccc(C(=O)N(CCCN(C)C)c2nc3ccc(Cl)cc3s2)cc1. The molecule has 1 heterocycles. The molecule has 0 saturated carbocycles. The number of aromatic nitrogens is 1. The zero-order chi connectivity index (χ0) is 19.4. The summed E-state index contributed by atoms with van der Waals surface area (Å²) in [5.74, 6) is -0.0217. The summed E-state index contributed by atoms with van der Waals surface area (Å²) in [5.41, 5.74) is 1.54. The molecular formula is C20H22ClN3OS2. The van der Waals surface area contributed by atoms with Gasteiger partial charge in [-0.3, -0.25) is 9.69 Å². The maximum atomic E-state index is 13.2. The second-order valence-electron chi connectivity index (χ2n) is 6.45. The summed E-state index contributed by atoms with van der Waals surface area (Å²) < 4.78 is 0.987. The topological polar surface area (TPSA) is 36.4 Å². The van der Waals surface area contributed by atoms with E-state index < -0.39 is 0 Å². The number of amides is 1. The van der Waals surface area contributed by atoms with Crippen LogP contribution in [0.25, 0.3) is 10.2 Å². The Kier molecular flexibility index (Phi) is 6.76. The van der Waals surface area contributed by atoms with E-state index in [1.54, 1.807) is 16.7 Å². The highest BCUT2D eigenvalue weighted by Crippen LogP contribution is 2.31. The van der Waals surface area contributed by atoms with Crippen molar-refractivity contribution < 1.29 is 4.79 Å². The van der Waals surface area contributed by atoms with Gasteiger partial charge < -0.3 is 4.90 Å². The van der Waals surface area contributed by atoms with Crippen molar-refractivity contribution in [3.8, 4) is 0 Å². The van der Waals surface area contributed by atoms with Gasteiger partial charge in [0.2, 0.25) is 0 Å². The van der Waals surface area contributed by atoms with Crippen molar-refractivity contribution in [1.29, 1.82) is 0 Å². The van der Waals surface area contributed by atoms with Gasteiger partial charge in [0, 0.05) is 22.0 Å². The summed E-state index contributed by atoms with van der Waals surface area (Å²) >= 11 is 9.27. The first kappa shape index (κ1) is 20.1. The number of benzene rings is 2. The Bertz CT molecular complexity index is 925. The second-order valence-corrected chi connectivity index (χ2v) is 8.78. The molecule has 0 bridgehead atoms. The molecule has 1 aromatic heterocycles. The molecule has 3 aromatic rings. The van der Waals surface area contributed by atoms with Crippen molar-refractivity contribution in [2.45, 2.75) is 11.3 Å². The van der Waals surface area contributed by atoms with E-state index in [0.29, 0.717) is 22.3 Å². The molecule has 27 heavy (non-hydrogen) atoms. The molecule has 4 nitrogen and oxygen atoms in total. The van der Waals surface area contributed by atoms with Crippen LogP contribution in [0, 0.1) is 0 Å². The lowest BCUT2D eigenvalue weighted by Gasteiger charge is -2.21. The number of thiazole rings is 1. The summed E-state index contributed by atoms with van der Waals surface area (Å²) in [7, 11) is 4.07. The second kappa shape index (κ2) is 9.06. The molecule has 0 aliphatic carbocycles.